The van der Waals surface area contributed by atoms with Gasteiger partial charge in [-0.1, -0.05) is 24.3 Å². The molecule has 0 atom stereocenters. The van der Waals surface area contributed by atoms with E-state index in [1.807, 2.05) is 6.92 Å². The molecule has 1 aliphatic carbocycles. The van der Waals surface area contributed by atoms with Crippen LogP contribution in [0.5, 0.6) is 0 Å². The van der Waals surface area contributed by atoms with Gasteiger partial charge in [0.2, 0.25) is 15.2 Å². The Kier molecular flexibility index (Phi) is 5.16. The summed E-state index contributed by atoms with van der Waals surface area (Å²) in [5.41, 5.74) is 1.01. The summed E-state index contributed by atoms with van der Waals surface area (Å²) in [4.78, 5) is 12.6. The van der Waals surface area contributed by atoms with Crippen LogP contribution >= 0.6 is 11.3 Å². The Labute approximate surface area is 150 Å². The first-order valence-corrected chi connectivity index (χ1v) is 10.5. The fourth-order valence-electron chi connectivity index (χ4n) is 2.29. The number of sulfonamides is 1. The maximum absolute atomic E-state index is 12.5. The maximum Gasteiger partial charge on any atom is 0.257 e. The molecule has 0 aliphatic heterocycles. The highest BCUT2D eigenvalue weighted by Crippen LogP contribution is 2.24. The van der Waals surface area contributed by atoms with Crippen LogP contribution in [0.1, 0.15) is 47.1 Å². The molecule has 1 fully saturated rings. The first kappa shape index (κ1) is 18.0. The first-order valence-electron chi connectivity index (χ1n) is 8.16. The SMILES string of the molecule is CCCc1nnc(NC(=O)c2cc(S(=O)(=O)NC3CC3)ccc2C)s1. The topological polar surface area (TPSA) is 101 Å². The van der Waals surface area contributed by atoms with Gasteiger partial charge >= 0.3 is 0 Å². The number of hydrogen-bond acceptors (Lipinski definition) is 6. The van der Waals surface area contributed by atoms with E-state index >= 15 is 0 Å². The van der Waals surface area contributed by atoms with Crippen molar-refractivity contribution in [1.29, 1.82) is 0 Å². The van der Waals surface area contributed by atoms with Gasteiger partial charge in [0.1, 0.15) is 5.01 Å². The lowest BCUT2D eigenvalue weighted by Gasteiger charge is -2.10. The van der Waals surface area contributed by atoms with Crippen LogP contribution in [-0.2, 0) is 16.4 Å². The maximum atomic E-state index is 12.5. The van der Waals surface area contributed by atoms with Gasteiger partial charge in [-0.3, -0.25) is 10.1 Å². The number of benzene rings is 1. The molecule has 134 valence electrons. The van der Waals surface area contributed by atoms with E-state index in [-0.39, 0.29) is 16.8 Å². The molecule has 0 unspecified atom stereocenters. The minimum absolute atomic E-state index is 0.0157. The van der Waals surface area contributed by atoms with Crippen molar-refractivity contribution in [3.63, 3.8) is 0 Å². The van der Waals surface area contributed by atoms with Crippen LogP contribution < -0.4 is 10.0 Å². The van der Waals surface area contributed by atoms with Crippen molar-refractivity contribution in [2.45, 2.75) is 50.5 Å². The number of carbonyl (C=O) groups is 1. The zero-order valence-corrected chi connectivity index (χ0v) is 15.7. The largest absolute Gasteiger partial charge is 0.296 e. The average Bonchev–Trinajstić information content (AvgIpc) is 3.25. The predicted molar refractivity (Wildman–Crippen MR) is 96.4 cm³/mol. The molecule has 9 heteroatoms. The van der Waals surface area contributed by atoms with Crippen molar-refractivity contribution in [2.24, 2.45) is 0 Å². The van der Waals surface area contributed by atoms with Crippen molar-refractivity contribution in [2.75, 3.05) is 5.32 Å². The summed E-state index contributed by atoms with van der Waals surface area (Å²) in [5.74, 6) is -0.389. The van der Waals surface area contributed by atoms with Crippen molar-refractivity contribution in [3.05, 3.63) is 34.3 Å². The summed E-state index contributed by atoms with van der Waals surface area (Å²) in [5, 5.41) is 11.9. The highest BCUT2D eigenvalue weighted by Gasteiger charge is 2.28. The summed E-state index contributed by atoms with van der Waals surface area (Å²) in [7, 11) is -3.60. The Balaban J connectivity index is 1.80. The lowest BCUT2D eigenvalue weighted by Crippen LogP contribution is -2.26. The van der Waals surface area contributed by atoms with E-state index in [1.54, 1.807) is 13.0 Å². The molecule has 0 bridgehead atoms. The Hall–Kier alpha value is -1.84. The standard InChI is InChI=1S/C16H20N4O3S2/c1-3-4-14-18-19-16(24-14)17-15(21)13-9-12(8-5-10(13)2)25(22,23)20-11-6-7-11/h5,8-9,11,20H,3-4,6-7H2,1-2H3,(H,17,19,21). The molecule has 0 spiro atoms. The zero-order valence-electron chi connectivity index (χ0n) is 14.1. The van der Waals surface area contributed by atoms with Gasteiger partial charge < -0.3 is 0 Å². The van der Waals surface area contributed by atoms with Crippen LogP contribution in [0, 0.1) is 6.92 Å². The normalized spacial score (nSPS) is 14.5. The Morgan fingerprint density at radius 1 is 1.32 bits per heavy atom. The number of carbonyl (C=O) groups excluding carboxylic acids is 1. The Morgan fingerprint density at radius 2 is 2.08 bits per heavy atom. The molecule has 1 aliphatic rings. The van der Waals surface area contributed by atoms with Crippen LogP contribution in [0.15, 0.2) is 23.1 Å². The van der Waals surface area contributed by atoms with Crippen LogP contribution in [0.4, 0.5) is 5.13 Å². The molecule has 0 saturated heterocycles. The lowest BCUT2D eigenvalue weighted by atomic mass is 10.1. The van der Waals surface area contributed by atoms with Crippen LogP contribution in [0.3, 0.4) is 0 Å². The van der Waals surface area contributed by atoms with Crippen molar-refractivity contribution >= 4 is 32.4 Å². The van der Waals surface area contributed by atoms with Crippen LogP contribution in [0.25, 0.3) is 0 Å². The number of rotatable bonds is 7. The average molecular weight is 380 g/mol. The highest BCUT2D eigenvalue weighted by atomic mass is 32.2. The third-order valence-corrected chi connectivity index (χ3v) is 6.23. The molecule has 2 N–H and O–H groups in total. The van der Waals surface area contributed by atoms with E-state index in [9.17, 15) is 13.2 Å². The fourth-order valence-corrected chi connectivity index (χ4v) is 4.45. The number of nitrogens with one attached hydrogen (secondary N) is 2. The minimum atomic E-state index is -3.60. The van der Waals surface area contributed by atoms with E-state index in [0.717, 1.165) is 30.7 Å². The van der Waals surface area contributed by atoms with E-state index < -0.39 is 10.0 Å². The quantitative estimate of drug-likeness (QED) is 0.768. The number of nitrogens with zero attached hydrogens (tertiary/aromatic N) is 2. The van der Waals surface area contributed by atoms with Gasteiger partial charge in [0.25, 0.3) is 5.91 Å². The third-order valence-electron chi connectivity index (χ3n) is 3.81. The van der Waals surface area contributed by atoms with E-state index in [4.69, 9.17) is 0 Å². The van der Waals surface area contributed by atoms with Gasteiger partial charge in [-0.25, -0.2) is 13.1 Å². The minimum Gasteiger partial charge on any atom is -0.296 e. The van der Waals surface area contributed by atoms with Crippen molar-refractivity contribution < 1.29 is 13.2 Å². The summed E-state index contributed by atoms with van der Waals surface area (Å²) in [6.45, 7) is 3.81. The summed E-state index contributed by atoms with van der Waals surface area (Å²) < 4.78 is 27.3. The third kappa shape index (κ3) is 4.42. The molecule has 1 aromatic carbocycles. The van der Waals surface area contributed by atoms with Gasteiger partial charge in [0.15, 0.2) is 0 Å². The lowest BCUT2D eigenvalue weighted by molar-refractivity contribution is 0.102. The molecule has 7 nitrogen and oxygen atoms in total. The van der Waals surface area contributed by atoms with E-state index in [1.165, 1.54) is 23.5 Å². The van der Waals surface area contributed by atoms with Gasteiger partial charge in [0.05, 0.1) is 4.90 Å². The van der Waals surface area contributed by atoms with Crippen LogP contribution in [-0.4, -0.2) is 30.6 Å². The molecular formula is C16H20N4O3S2. The van der Waals surface area contributed by atoms with E-state index in [0.29, 0.717) is 16.3 Å². The van der Waals surface area contributed by atoms with Gasteiger partial charge in [-0.15, -0.1) is 10.2 Å². The van der Waals surface area contributed by atoms with Gasteiger partial charge in [0, 0.05) is 18.0 Å². The Bertz CT molecular complexity index is 889. The predicted octanol–water partition coefficient (Wildman–Crippen LogP) is 2.49. The molecule has 2 aromatic rings. The smallest absolute Gasteiger partial charge is 0.257 e. The number of aryl methyl sites for hydroxylation is 2. The molecule has 1 amide bonds. The van der Waals surface area contributed by atoms with Crippen molar-refractivity contribution in [1.82, 2.24) is 14.9 Å². The van der Waals surface area contributed by atoms with Gasteiger partial charge in [-0.05, 0) is 43.9 Å². The summed E-state index contributed by atoms with van der Waals surface area (Å²) in [6.07, 6.45) is 3.48. The first-order chi connectivity index (χ1) is 11.9. The number of aromatic nitrogens is 2. The molecule has 1 saturated carbocycles. The fraction of sp³-hybridized carbons (Fsp3) is 0.438. The number of amides is 1. The molecule has 0 radical (unpaired) electrons. The van der Waals surface area contributed by atoms with Crippen molar-refractivity contribution in [3.8, 4) is 0 Å². The second-order valence-corrected chi connectivity index (χ2v) is 8.85. The van der Waals surface area contributed by atoms with Crippen LogP contribution in [0.2, 0.25) is 0 Å². The highest BCUT2D eigenvalue weighted by molar-refractivity contribution is 7.89. The van der Waals surface area contributed by atoms with E-state index in [2.05, 4.69) is 20.2 Å². The molecule has 3 rings (SSSR count). The molecule has 1 aromatic heterocycles. The van der Waals surface area contributed by atoms with Gasteiger partial charge in [-0.2, -0.15) is 0 Å². The summed E-state index contributed by atoms with van der Waals surface area (Å²) >= 11 is 1.33. The second kappa shape index (κ2) is 7.19. The zero-order chi connectivity index (χ0) is 18.0. The Morgan fingerprint density at radius 3 is 2.76 bits per heavy atom. The summed E-state index contributed by atoms with van der Waals surface area (Å²) in [6, 6.07) is 4.57. The molecule has 25 heavy (non-hydrogen) atoms. The number of anilines is 1. The number of hydrogen-bond donors (Lipinski definition) is 2. The monoisotopic (exact) mass is 380 g/mol. The second-order valence-electron chi connectivity index (χ2n) is 6.08. The molecule has 1 heterocycles. The molecular weight excluding hydrogens is 360 g/mol.